The van der Waals surface area contributed by atoms with Crippen LogP contribution in [0.5, 0.6) is 0 Å². The highest BCUT2D eigenvalue weighted by atomic mass is 16.4. The number of aryl methyl sites for hydroxylation is 1. The molecule has 20 heavy (non-hydrogen) atoms. The van der Waals surface area contributed by atoms with Gasteiger partial charge in [0.05, 0.1) is 18.1 Å². The lowest BCUT2D eigenvalue weighted by atomic mass is 9.85. The maximum absolute atomic E-state index is 11.2. The Hall–Kier alpha value is -1.84. The zero-order chi connectivity index (χ0) is 15.0. The molecule has 1 aromatic heterocycles. The number of fused-ring (bicyclic) bond motifs is 1. The van der Waals surface area contributed by atoms with Gasteiger partial charge in [0.1, 0.15) is 0 Å². The molecule has 0 bridgehead atoms. The molecule has 1 heterocycles. The molecular formula is C16H22N2O2. The summed E-state index contributed by atoms with van der Waals surface area (Å²) in [7, 11) is 1.92. The molecular weight excluding hydrogens is 252 g/mol. The van der Waals surface area contributed by atoms with Crippen molar-refractivity contribution in [3.63, 3.8) is 0 Å². The molecule has 0 unspecified atom stereocenters. The lowest BCUT2D eigenvalue weighted by molar-refractivity contribution is -0.136. The summed E-state index contributed by atoms with van der Waals surface area (Å²) in [5.74, 6) is -0.215. The second-order valence-corrected chi connectivity index (χ2v) is 5.94. The molecule has 4 heteroatoms. The van der Waals surface area contributed by atoms with Gasteiger partial charge in [0.2, 0.25) is 0 Å². The molecule has 0 radical (unpaired) electrons. The van der Waals surface area contributed by atoms with Crippen LogP contribution in [0.4, 0.5) is 0 Å². The normalized spacial score (nSPS) is 11.8. The zero-order valence-electron chi connectivity index (χ0n) is 12.8. The molecule has 2 rings (SSSR count). The molecule has 0 aliphatic carbocycles. The van der Waals surface area contributed by atoms with Crippen molar-refractivity contribution in [3.8, 4) is 0 Å². The Kier molecular flexibility index (Phi) is 3.84. The number of hydrogen-bond acceptors (Lipinski definition) is 2. The summed E-state index contributed by atoms with van der Waals surface area (Å²) in [6.45, 7) is 8.43. The van der Waals surface area contributed by atoms with Gasteiger partial charge in [0.25, 0.3) is 0 Å². The van der Waals surface area contributed by atoms with Gasteiger partial charge in [-0.25, -0.2) is 0 Å². The topological polar surface area (TPSA) is 55.1 Å². The Labute approximate surface area is 119 Å². The van der Waals surface area contributed by atoms with Crippen LogP contribution >= 0.6 is 0 Å². The minimum atomic E-state index is -0.781. The van der Waals surface area contributed by atoms with E-state index >= 15 is 0 Å². The van der Waals surface area contributed by atoms with E-state index in [0.717, 1.165) is 27.6 Å². The summed E-state index contributed by atoms with van der Waals surface area (Å²) in [6, 6.07) is 2.09. The average Bonchev–Trinajstić information content (AvgIpc) is 2.68. The fourth-order valence-corrected chi connectivity index (χ4v) is 2.90. The van der Waals surface area contributed by atoms with Crippen LogP contribution in [0, 0.1) is 0 Å². The third kappa shape index (κ3) is 2.42. The van der Waals surface area contributed by atoms with Crippen LogP contribution in [-0.2, 0) is 18.3 Å². The van der Waals surface area contributed by atoms with Crippen LogP contribution < -0.4 is 0 Å². The average molecular weight is 274 g/mol. The number of aromatic nitrogens is 2. The summed E-state index contributed by atoms with van der Waals surface area (Å²) in [5.41, 5.74) is 4.28. The van der Waals surface area contributed by atoms with Crippen LogP contribution in [0.3, 0.4) is 0 Å². The summed E-state index contributed by atoms with van der Waals surface area (Å²) in [5, 5.41) is 14.6. The predicted octanol–water partition coefficient (Wildman–Crippen LogP) is 3.45. The van der Waals surface area contributed by atoms with E-state index in [9.17, 15) is 9.90 Å². The number of rotatable bonds is 4. The van der Waals surface area contributed by atoms with Crippen molar-refractivity contribution in [1.29, 1.82) is 0 Å². The lowest BCUT2D eigenvalue weighted by Gasteiger charge is -2.20. The number of carboxylic acid groups (broad SMARTS) is 1. The number of nitrogens with zero attached hydrogens (tertiary/aromatic N) is 2. The first-order valence-electron chi connectivity index (χ1n) is 7.02. The molecule has 2 aromatic rings. The number of aliphatic carboxylic acids is 1. The van der Waals surface area contributed by atoms with Gasteiger partial charge in [-0.15, -0.1) is 0 Å². The summed E-state index contributed by atoms with van der Waals surface area (Å²) >= 11 is 0. The van der Waals surface area contributed by atoms with Crippen molar-refractivity contribution in [2.75, 3.05) is 0 Å². The predicted molar refractivity (Wildman–Crippen MR) is 80.2 cm³/mol. The Balaban J connectivity index is 2.86. The zero-order valence-corrected chi connectivity index (χ0v) is 12.8. The molecule has 4 nitrogen and oxygen atoms in total. The van der Waals surface area contributed by atoms with E-state index in [4.69, 9.17) is 0 Å². The Morgan fingerprint density at radius 3 is 2.45 bits per heavy atom. The van der Waals surface area contributed by atoms with Gasteiger partial charge >= 0.3 is 5.97 Å². The van der Waals surface area contributed by atoms with Crippen LogP contribution in [-0.4, -0.2) is 20.9 Å². The first-order chi connectivity index (χ1) is 9.32. The highest BCUT2D eigenvalue weighted by Crippen LogP contribution is 2.35. The van der Waals surface area contributed by atoms with Crippen molar-refractivity contribution in [2.45, 2.75) is 46.0 Å². The first kappa shape index (κ1) is 14.6. The molecule has 0 amide bonds. The van der Waals surface area contributed by atoms with Gasteiger partial charge in [-0.1, -0.05) is 27.7 Å². The van der Waals surface area contributed by atoms with Crippen molar-refractivity contribution in [1.82, 2.24) is 9.78 Å². The SMILES string of the molecule is CC(C)c1cc2c(cnn2C)c(C(C)C)c1CC(=O)O. The monoisotopic (exact) mass is 274 g/mol. The molecule has 0 saturated carbocycles. The minimum absolute atomic E-state index is 0.0753. The summed E-state index contributed by atoms with van der Waals surface area (Å²) in [6.07, 6.45) is 1.92. The van der Waals surface area contributed by atoms with E-state index in [1.807, 2.05) is 17.9 Å². The van der Waals surface area contributed by atoms with Crippen molar-refractivity contribution in [2.24, 2.45) is 7.05 Å². The maximum Gasteiger partial charge on any atom is 0.307 e. The van der Waals surface area contributed by atoms with E-state index in [1.165, 1.54) is 0 Å². The second-order valence-electron chi connectivity index (χ2n) is 5.94. The third-order valence-corrected chi connectivity index (χ3v) is 3.77. The van der Waals surface area contributed by atoms with Gasteiger partial charge < -0.3 is 5.11 Å². The Bertz CT molecular complexity index is 654. The lowest BCUT2D eigenvalue weighted by Crippen LogP contribution is -2.10. The highest BCUT2D eigenvalue weighted by Gasteiger charge is 2.21. The molecule has 0 fully saturated rings. The molecule has 0 aliphatic heterocycles. The van der Waals surface area contributed by atoms with Crippen LogP contribution in [0.25, 0.3) is 10.9 Å². The van der Waals surface area contributed by atoms with Crippen LogP contribution in [0.15, 0.2) is 12.3 Å². The van der Waals surface area contributed by atoms with Gasteiger partial charge in [0.15, 0.2) is 0 Å². The second kappa shape index (κ2) is 5.27. The fourth-order valence-electron chi connectivity index (χ4n) is 2.90. The smallest absolute Gasteiger partial charge is 0.307 e. The van der Waals surface area contributed by atoms with Crippen molar-refractivity contribution >= 4 is 16.9 Å². The Morgan fingerprint density at radius 2 is 1.95 bits per heavy atom. The number of hydrogen-bond donors (Lipinski definition) is 1. The van der Waals surface area contributed by atoms with Gasteiger partial charge in [-0.3, -0.25) is 9.48 Å². The minimum Gasteiger partial charge on any atom is -0.481 e. The number of benzene rings is 1. The Morgan fingerprint density at radius 1 is 1.30 bits per heavy atom. The number of carbonyl (C=O) groups is 1. The molecule has 0 spiro atoms. The third-order valence-electron chi connectivity index (χ3n) is 3.77. The quantitative estimate of drug-likeness (QED) is 0.929. The molecule has 0 aliphatic rings. The van der Waals surface area contributed by atoms with E-state index in [0.29, 0.717) is 5.92 Å². The number of carboxylic acids is 1. The van der Waals surface area contributed by atoms with Gasteiger partial charge in [0, 0.05) is 12.4 Å². The fraction of sp³-hybridized carbons (Fsp3) is 0.500. The van der Waals surface area contributed by atoms with E-state index in [1.54, 1.807) is 0 Å². The maximum atomic E-state index is 11.2. The van der Waals surface area contributed by atoms with E-state index in [2.05, 4.69) is 38.9 Å². The summed E-state index contributed by atoms with van der Waals surface area (Å²) in [4.78, 5) is 11.2. The molecule has 0 atom stereocenters. The summed E-state index contributed by atoms with van der Waals surface area (Å²) < 4.78 is 1.86. The van der Waals surface area contributed by atoms with Gasteiger partial charge in [-0.05, 0) is 34.6 Å². The standard InChI is InChI=1S/C16H22N2O2/c1-9(2)11-6-14-13(8-17-18(14)5)16(10(3)4)12(11)7-15(19)20/h6,8-10H,7H2,1-5H3,(H,19,20). The van der Waals surface area contributed by atoms with Crippen LogP contribution in [0.2, 0.25) is 0 Å². The molecule has 0 saturated heterocycles. The van der Waals surface area contributed by atoms with Crippen LogP contribution in [0.1, 0.15) is 56.2 Å². The molecule has 1 aromatic carbocycles. The first-order valence-corrected chi connectivity index (χ1v) is 7.02. The highest BCUT2D eigenvalue weighted by molar-refractivity contribution is 5.87. The largest absolute Gasteiger partial charge is 0.481 e. The van der Waals surface area contributed by atoms with Crippen molar-refractivity contribution in [3.05, 3.63) is 29.0 Å². The van der Waals surface area contributed by atoms with E-state index in [-0.39, 0.29) is 12.3 Å². The molecule has 1 N–H and O–H groups in total. The molecule has 108 valence electrons. The van der Waals surface area contributed by atoms with Crippen molar-refractivity contribution < 1.29 is 9.90 Å². The van der Waals surface area contributed by atoms with E-state index < -0.39 is 5.97 Å². The van der Waals surface area contributed by atoms with Gasteiger partial charge in [-0.2, -0.15) is 5.10 Å².